The van der Waals surface area contributed by atoms with E-state index in [1.54, 1.807) is 0 Å². The predicted molar refractivity (Wildman–Crippen MR) is 112 cm³/mol. The van der Waals surface area contributed by atoms with Crippen molar-refractivity contribution in [2.75, 3.05) is 39.5 Å². The molecule has 2 atom stereocenters. The third kappa shape index (κ3) is 3.79. The molecule has 1 N–H and O–H groups in total. The van der Waals surface area contributed by atoms with E-state index in [9.17, 15) is 4.79 Å². The number of carbonyl (C=O) groups is 1. The molecule has 158 valence electrons. The Balaban J connectivity index is 1.24. The highest BCUT2D eigenvalue weighted by atomic mass is 16.5. The van der Waals surface area contributed by atoms with Gasteiger partial charge in [-0.3, -0.25) is 4.79 Å². The first-order valence-electron chi connectivity index (χ1n) is 11.6. The summed E-state index contributed by atoms with van der Waals surface area (Å²) in [4.78, 5) is 15.5. The number of likely N-dealkylation sites (tertiary alicyclic amines) is 1. The van der Waals surface area contributed by atoms with Gasteiger partial charge in [-0.15, -0.1) is 0 Å². The van der Waals surface area contributed by atoms with E-state index < -0.39 is 0 Å². The molecule has 1 amide bonds. The van der Waals surface area contributed by atoms with Crippen LogP contribution in [0.5, 0.6) is 5.75 Å². The maximum Gasteiger partial charge on any atom is 0.254 e. The van der Waals surface area contributed by atoms with Gasteiger partial charge in [-0.05, 0) is 74.4 Å². The SMILES string of the molecule is O=C(c1ccc(OCC2CCCCC2)cc1)N1CC2(CCNCC2)[C@@H]2COC[C@@H]21. The van der Waals surface area contributed by atoms with E-state index in [2.05, 4.69) is 10.2 Å². The van der Waals surface area contributed by atoms with Crippen LogP contribution in [0, 0.1) is 17.3 Å². The Labute approximate surface area is 174 Å². The summed E-state index contributed by atoms with van der Waals surface area (Å²) < 4.78 is 11.8. The van der Waals surface area contributed by atoms with Crippen LogP contribution in [0.25, 0.3) is 0 Å². The lowest BCUT2D eigenvalue weighted by molar-refractivity contribution is 0.0607. The number of amides is 1. The van der Waals surface area contributed by atoms with E-state index in [0.717, 1.165) is 57.0 Å². The van der Waals surface area contributed by atoms with Gasteiger partial charge in [0.15, 0.2) is 0 Å². The summed E-state index contributed by atoms with van der Waals surface area (Å²) in [5.74, 6) is 2.21. The summed E-state index contributed by atoms with van der Waals surface area (Å²) in [6.45, 7) is 5.29. The molecule has 5 nitrogen and oxygen atoms in total. The van der Waals surface area contributed by atoms with Crippen molar-refractivity contribution in [2.24, 2.45) is 17.3 Å². The van der Waals surface area contributed by atoms with Crippen molar-refractivity contribution in [1.29, 1.82) is 0 Å². The molecule has 0 unspecified atom stereocenters. The number of piperidine rings is 1. The van der Waals surface area contributed by atoms with Crippen molar-refractivity contribution < 1.29 is 14.3 Å². The van der Waals surface area contributed by atoms with E-state index in [-0.39, 0.29) is 17.4 Å². The summed E-state index contributed by atoms with van der Waals surface area (Å²) in [6, 6.07) is 8.06. The van der Waals surface area contributed by atoms with Crippen molar-refractivity contribution in [3.05, 3.63) is 29.8 Å². The molecule has 1 spiro atoms. The second kappa shape index (κ2) is 8.27. The molecule has 3 heterocycles. The second-order valence-electron chi connectivity index (χ2n) is 9.60. The van der Waals surface area contributed by atoms with Crippen LogP contribution in [-0.4, -0.2) is 56.3 Å². The van der Waals surface area contributed by atoms with Crippen LogP contribution in [0.2, 0.25) is 0 Å². The first-order valence-corrected chi connectivity index (χ1v) is 11.6. The number of nitrogens with zero attached hydrogens (tertiary/aromatic N) is 1. The molecule has 0 aromatic heterocycles. The summed E-state index contributed by atoms with van der Waals surface area (Å²) in [5, 5.41) is 3.48. The van der Waals surface area contributed by atoms with Gasteiger partial charge >= 0.3 is 0 Å². The summed E-state index contributed by atoms with van der Waals surface area (Å²) in [7, 11) is 0. The standard InChI is InChI=1S/C24H34N2O3/c27-23(19-6-8-20(9-7-19)29-14-18-4-2-1-3-5-18)26-17-24(10-12-25-13-11-24)21-15-28-16-22(21)26/h6-9,18,21-22,25H,1-5,10-17H2/t21-,22+/m1/s1. The van der Waals surface area contributed by atoms with Gasteiger partial charge < -0.3 is 19.7 Å². The van der Waals surface area contributed by atoms with Crippen LogP contribution >= 0.6 is 0 Å². The maximum atomic E-state index is 13.3. The monoisotopic (exact) mass is 398 g/mol. The number of fused-ring (bicyclic) bond motifs is 2. The number of carbonyl (C=O) groups excluding carboxylic acids is 1. The molecule has 0 bridgehead atoms. The molecule has 1 aromatic rings. The largest absolute Gasteiger partial charge is 0.493 e. The molecule has 5 rings (SSSR count). The molecule has 1 saturated carbocycles. The molecule has 29 heavy (non-hydrogen) atoms. The fraction of sp³-hybridized carbons (Fsp3) is 0.708. The van der Waals surface area contributed by atoms with Crippen molar-refractivity contribution in [3.8, 4) is 5.75 Å². The summed E-state index contributed by atoms with van der Waals surface area (Å²) >= 11 is 0. The van der Waals surface area contributed by atoms with Gasteiger partial charge in [0, 0.05) is 18.0 Å². The molecular formula is C24H34N2O3. The first kappa shape index (κ1) is 19.4. The molecule has 4 fully saturated rings. The van der Waals surface area contributed by atoms with Crippen LogP contribution in [0.4, 0.5) is 0 Å². The van der Waals surface area contributed by atoms with E-state index in [0.29, 0.717) is 18.4 Å². The van der Waals surface area contributed by atoms with Gasteiger partial charge in [-0.2, -0.15) is 0 Å². The quantitative estimate of drug-likeness (QED) is 0.844. The second-order valence-corrected chi connectivity index (χ2v) is 9.60. The lowest BCUT2D eigenvalue weighted by Crippen LogP contribution is -2.43. The van der Waals surface area contributed by atoms with Crippen molar-refractivity contribution in [2.45, 2.75) is 51.0 Å². The average Bonchev–Trinajstić information content (AvgIpc) is 3.37. The van der Waals surface area contributed by atoms with Gasteiger partial charge in [0.2, 0.25) is 0 Å². The minimum absolute atomic E-state index is 0.153. The van der Waals surface area contributed by atoms with E-state index in [1.165, 1.54) is 32.1 Å². The Kier molecular flexibility index (Phi) is 5.53. The predicted octanol–water partition coefficient (Wildman–Crippen LogP) is 3.49. The Bertz CT molecular complexity index is 707. The van der Waals surface area contributed by atoms with Crippen LogP contribution in [0.1, 0.15) is 55.3 Å². The van der Waals surface area contributed by atoms with Crippen LogP contribution < -0.4 is 10.1 Å². The summed E-state index contributed by atoms with van der Waals surface area (Å²) in [5.41, 5.74) is 1.01. The Morgan fingerprint density at radius 1 is 1.10 bits per heavy atom. The van der Waals surface area contributed by atoms with Crippen LogP contribution in [-0.2, 0) is 4.74 Å². The molecule has 1 aromatic carbocycles. The first-order chi connectivity index (χ1) is 14.3. The number of ether oxygens (including phenoxy) is 2. The minimum Gasteiger partial charge on any atom is -0.493 e. The topological polar surface area (TPSA) is 50.8 Å². The fourth-order valence-electron chi connectivity index (χ4n) is 6.11. The zero-order chi connectivity index (χ0) is 19.7. The van der Waals surface area contributed by atoms with Gasteiger partial charge in [0.05, 0.1) is 25.9 Å². The number of hydrogen-bond acceptors (Lipinski definition) is 4. The van der Waals surface area contributed by atoms with E-state index in [1.807, 2.05) is 24.3 Å². The van der Waals surface area contributed by atoms with Crippen molar-refractivity contribution >= 4 is 5.91 Å². The molecule has 0 radical (unpaired) electrons. The zero-order valence-electron chi connectivity index (χ0n) is 17.4. The van der Waals surface area contributed by atoms with Crippen molar-refractivity contribution in [3.63, 3.8) is 0 Å². The fourth-order valence-corrected chi connectivity index (χ4v) is 6.11. The van der Waals surface area contributed by atoms with Crippen molar-refractivity contribution in [1.82, 2.24) is 10.2 Å². The zero-order valence-corrected chi connectivity index (χ0v) is 17.4. The highest BCUT2D eigenvalue weighted by Crippen LogP contribution is 2.49. The number of rotatable bonds is 4. The average molecular weight is 399 g/mol. The summed E-state index contributed by atoms with van der Waals surface area (Å²) in [6.07, 6.45) is 8.90. The molecular weight excluding hydrogens is 364 g/mol. The highest BCUT2D eigenvalue weighted by molar-refractivity contribution is 5.95. The Morgan fingerprint density at radius 3 is 2.62 bits per heavy atom. The molecule has 3 aliphatic heterocycles. The molecule has 4 aliphatic rings. The van der Waals surface area contributed by atoms with E-state index in [4.69, 9.17) is 9.47 Å². The third-order valence-electron chi connectivity index (χ3n) is 7.89. The van der Waals surface area contributed by atoms with Gasteiger partial charge in [-0.1, -0.05) is 19.3 Å². The Morgan fingerprint density at radius 2 is 1.86 bits per heavy atom. The van der Waals surface area contributed by atoms with E-state index >= 15 is 0 Å². The molecule has 1 aliphatic carbocycles. The van der Waals surface area contributed by atoms with Gasteiger partial charge in [0.1, 0.15) is 5.75 Å². The van der Waals surface area contributed by atoms with Crippen LogP contribution in [0.3, 0.4) is 0 Å². The molecule has 3 saturated heterocycles. The number of hydrogen-bond donors (Lipinski definition) is 1. The number of benzene rings is 1. The van der Waals surface area contributed by atoms with Gasteiger partial charge in [0.25, 0.3) is 5.91 Å². The van der Waals surface area contributed by atoms with Gasteiger partial charge in [-0.25, -0.2) is 0 Å². The van der Waals surface area contributed by atoms with Crippen LogP contribution in [0.15, 0.2) is 24.3 Å². The third-order valence-corrected chi connectivity index (χ3v) is 7.89. The minimum atomic E-state index is 0.153. The highest BCUT2D eigenvalue weighted by Gasteiger charge is 2.56. The Hall–Kier alpha value is -1.59. The number of nitrogens with one attached hydrogen (secondary N) is 1. The molecule has 5 heteroatoms. The lowest BCUT2D eigenvalue weighted by atomic mass is 9.70. The lowest BCUT2D eigenvalue weighted by Gasteiger charge is -2.37. The maximum absolute atomic E-state index is 13.3. The normalized spacial score (nSPS) is 29.2. The smallest absolute Gasteiger partial charge is 0.254 e.